The molecule has 57 heavy (non-hydrogen) atoms. The third-order valence-electron chi connectivity index (χ3n) is 12.2. The quantitative estimate of drug-likeness (QED) is 0.0995. The molecule has 0 aromatic heterocycles. The maximum atomic E-state index is 15.8. The predicted molar refractivity (Wildman–Crippen MR) is 158 cm³/mol. The van der Waals surface area contributed by atoms with Crippen LogP contribution in [0.3, 0.4) is 0 Å². The van der Waals surface area contributed by atoms with Gasteiger partial charge in [-0.15, -0.1) is 0 Å². The number of carbonyl (C=O) groups excluding carboxylic acids is 1. The molecule has 0 spiro atoms. The number of methoxy groups -OCH3 is 1. The van der Waals surface area contributed by atoms with Crippen LogP contribution in [-0.2, 0) is 23.7 Å². The van der Waals surface area contributed by atoms with Gasteiger partial charge in [-0.3, -0.25) is 0 Å². The molecule has 0 aromatic carbocycles. The van der Waals surface area contributed by atoms with Crippen LogP contribution in [0.1, 0.15) is 61.3 Å². The van der Waals surface area contributed by atoms with E-state index in [-0.39, 0.29) is 6.61 Å². The molecule has 0 aliphatic heterocycles. The molecule has 4 bridgehead atoms. The van der Waals surface area contributed by atoms with Gasteiger partial charge in [0, 0.05) is 30.8 Å². The number of fused-ring (bicyclic) bond motifs is 4. The molecule has 336 valence electrons. The predicted octanol–water partition coefficient (Wildman–Crippen LogP) is 10.8. The lowest BCUT2D eigenvalue weighted by atomic mass is 9.63. The molecule has 10 atom stereocenters. The number of rotatable bonds is 9. The van der Waals surface area contributed by atoms with E-state index in [4.69, 9.17) is 0 Å². The molecule has 4 rings (SSSR count). The highest BCUT2D eigenvalue weighted by atomic mass is 19.4. The van der Waals surface area contributed by atoms with E-state index in [9.17, 15) is 75.0 Å². The van der Waals surface area contributed by atoms with Crippen molar-refractivity contribution in [3.8, 4) is 0 Å². The molecular formula is C33H42F18O6. The fourth-order valence-electron chi connectivity index (χ4n) is 9.23. The highest BCUT2D eigenvalue weighted by Crippen LogP contribution is 2.75. The minimum Gasteiger partial charge on any atom is -0.429 e. The largest absolute Gasteiger partial charge is 0.510 e. The Hall–Kier alpha value is -2.11. The zero-order valence-corrected chi connectivity index (χ0v) is 31.4. The highest BCUT2D eigenvalue weighted by molar-refractivity contribution is 5.62. The first-order valence-electron chi connectivity index (χ1n) is 17.3. The monoisotopic (exact) mass is 876 g/mol. The van der Waals surface area contributed by atoms with Crippen molar-refractivity contribution < 1.29 is 108 Å². The summed E-state index contributed by atoms with van der Waals surface area (Å²) in [5.41, 5.74) is -23.8. The van der Waals surface area contributed by atoms with E-state index in [0.29, 0.717) is 0 Å². The van der Waals surface area contributed by atoms with Gasteiger partial charge < -0.3 is 23.7 Å². The third-order valence-corrected chi connectivity index (χ3v) is 12.2. The Balaban J connectivity index is 0.000000306. The van der Waals surface area contributed by atoms with Crippen molar-refractivity contribution >= 4 is 6.16 Å². The number of hydrogen-bond acceptors (Lipinski definition) is 6. The number of carbonyl (C=O) groups is 1. The minimum atomic E-state index is -6.74. The van der Waals surface area contributed by atoms with Crippen LogP contribution in [0, 0.1) is 47.3 Å². The van der Waals surface area contributed by atoms with Gasteiger partial charge in [-0.1, -0.05) is 27.7 Å². The van der Waals surface area contributed by atoms with Gasteiger partial charge in [0.05, 0.1) is 13.2 Å². The van der Waals surface area contributed by atoms with E-state index >= 15 is 8.78 Å². The molecule has 0 N–H and O–H groups in total. The van der Waals surface area contributed by atoms with E-state index in [1.807, 2.05) is 0 Å². The number of halogens is 18. The van der Waals surface area contributed by atoms with Gasteiger partial charge in [0.1, 0.15) is 12.4 Å². The summed E-state index contributed by atoms with van der Waals surface area (Å²) in [5, 5.41) is 0. The highest BCUT2D eigenvalue weighted by Gasteiger charge is 2.96. The topological polar surface area (TPSA) is 63.2 Å². The molecule has 0 radical (unpaired) electrons. The van der Waals surface area contributed by atoms with Gasteiger partial charge in [-0.25, -0.2) is 31.1 Å². The number of alkyl halides is 18. The summed E-state index contributed by atoms with van der Waals surface area (Å²) in [5.74, 6) is -22.9. The average Bonchev–Trinajstić information content (AvgIpc) is 3.62. The summed E-state index contributed by atoms with van der Waals surface area (Å²) >= 11 is 0. The van der Waals surface area contributed by atoms with E-state index < -0.39 is 144 Å². The van der Waals surface area contributed by atoms with Crippen molar-refractivity contribution in [1.82, 2.24) is 0 Å². The first-order valence-corrected chi connectivity index (χ1v) is 17.3. The molecule has 0 heterocycles. The fraction of sp³-hybridized carbons (Fsp3) is 0.970. The molecule has 4 saturated carbocycles. The molecule has 6 nitrogen and oxygen atoms in total. The normalized spacial score (nSPS) is 35.3. The van der Waals surface area contributed by atoms with Gasteiger partial charge in [0.15, 0.2) is 0 Å². The summed E-state index contributed by atoms with van der Waals surface area (Å²) < 4.78 is 277. The molecule has 0 amide bonds. The zero-order valence-electron chi connectivity index (χ0n) is 31.4. The van der Waals surface area contributed by atoms with Gasteiger partial charge in [0.2, 0.25) is 11.3 Å². The first kappa shape index (κ1) is 49.3. The van der Waals surface area contributed by atoms with Crippen LogP contribution < -0.4 is 0 Å². The van der Waals surface area contributed by atoms with Gasteiger partial charge in [0.25, 0.3) is 11.8 Å². The second-order valence-electron chi connectivity index (χ2n) is 16.1. The Labute approximate surface area is 314 Å². The van der Waals surface area contributed by atoms with E-state index in [1.54, 1.807) is 0 Å². The molecule has 4 aliphatic carbocycles. The summed E-state index contributed by atoms with van der Waals surface area (Å²) in [6, 6.07) is 0. The summed E-state index contributed by atoms with van der Waals surface area (Å²) in [4.78, 5) is 11.8. The van der Waals surface area contributed by atoms with Crippen LogP contribution in [0.5, 0.6) is 0 Å². The lowest BCUT2D eigenvalue weighted by Gasteiger charge is -2.52. The average molecular weight is 877 g/mol. The number of hydrogen-bond donors (Lipinski definition) is 0. The fourth-order valence-corrected chi connectivity index (χ4v) is 9.23. The van der Waals surface area contributed by atoms with Crippen molar-refractivity contribution in [1.29, 1.82) is 0 Å². The molecule has 24 heteroatoms. The summed E-state index contributed by atoms with van der Waals surface area (Å²) in [7, 11) is 1.19. The standard InChI is InChI=1S/C17H21F9O3.C16H21F9O3/c1-7-8(2)10-6-9(7)13(18,14(10,19)20)15(16(21,22)23,17(24,25)26)29-11(27)28-12(3,4)5;1-8-9(2)11-6-10(8)12(17,13(11,18)19)14(15(20,21)22,16(23,24)25)28-7-27-5-4-26-3/h7-10H,6H2,1-5H3;8-11H,4-7H2,1-3H3. The van der Waals surface area contributed by atoms with E-state index in [1.165, 1.54) is 27.9 Å². The Morgan fingerprint density at radius 1 is 0.544 bits per heavy atom. The van der Waals surface area contributed by atoms with Crippen molar-refractivity contribution in [2.45, 2.75) is 126 Å². The maximum Gasteiger partial charge on any atom is 0.510 e. The van der Waals surface area contributed by atoms with E-state index in [0.717, 1.165) is 27.7 Å². The number of ether oxygens (including phenoxy) is 5. The molecule has 0 saturated heterocycles. The van der Waals surface area contributed by atoms with Crippen LogP contribution in [0.25, 0.3) is 0 Å². The molecule has 10 unspecified atom stereocenters. The maximum absolute atomic E-state index is 15.8. The van der Waals surface area contributed by atoms with Gasteiger partial charge in [-0.2, -0.15) is 52.7 Å². The van der Waals surface area contributed by atoms with Crippen LogP contribution in [0.2, 0.25) is 0 Å². The van der Waals surface area contributed by atoms with Crippen LogP contribution in [0.4, 0.5) is 83.8 Å². The molecule has 0 aromatic rings. The zero-order chi connectivity index (χ0) is 44.8. The summed E-state index contributed by atoms with van der Waals surface area (Å²) in [6.07, 6.45) is -30.8. The van der Waals surface area contributed by atoms with Crippen molar-refractivity contribution in [3.05, 3.63) is 0 Å². The second-order valence-corrected chi connectivity index (χ2v) is 16.1. The van der Waals surface area contributed by atoms with Crippen LogP contribution >= 0.6 is 0 Å². The second kappa shape index (κ2) is 14.8. The molecular weight excluding hydrogens is 834 g/mol. The molecule has 4 fully saturated rings. The van der Waals surface area contributed by atoms with Crippen molar-refractivity contribution in [2.24, 2.45) is 47.3 Å². The Bertz CT molecular complexity index is 1410. The summed E-state index contributed by atoms with van der Waals surface area (Å²) in [6.45, 7) is 5.67. The third kappa shape index (κ3) is 7.01. The van der Waals surface area contributed by atoms with Crippen LogP contribution in [-0.4, -0.2) is 98.0 Å². The SMILES string of the molecule is CC1C(C)C2CC1C(F)(F)C2(F)C(OC(=O)OC(C)(C)C)(C(F)(F)F)C(F)(F)F.COCCOCOC(C(F)(F)F)(C(F)(F)F)C1(F)C2CC(C(C)C2C)C1(F)F. The Morgan fingerprint density at radius 2 is 0.877 bits per heavy atom. The van der Waals surface area contributed by atoms with Crippen molar-refractivity contribution in [2.75, 3.05) is 27.1 Å². The minimum absolute atomic E-state index is 0.204. The smallest absolute Gasteiger partial charge is 0.429 e. The first-order chi connectivity index (χ1) is 25.3. The Kier molecular flexibility index (Phi) is 12.8. The van der Waals surface area contributed by atoms with Crippen molar-refractivity contribution in [3.63, 3.8) is 0 Å². The van der Waals surface area contributed by atoms with Crippen LogP contribution in [0.15, 0.2) is 0 Å². The molecule has 4 aliphatic rings. The lowest BCUT2D eigenvalue weighted by Crippen LogP contribution is -2.78. The van der Waals surface area contributed by atoms with E-state index in [2.05, 4.69) is 23.7 Å². The lowest BCUT2D eigenvalue weighted by molar-refractivity contribution is -0.453. The Morgan fingerprint density at radius 3 is 1.18 bits per heavy atom. The van der Waals surface area contributed by atoms with Gasteiger partial charge >= 0.3 is 42.1 Å². The van der Waals surface area contributed by atoms with Gasteiger partial charge in [-0.05, 0) is 57.3 Å².